The van der Waals surface area contributed by atoms with E-state index in [1.807, 2.05) is 13.8 Å². The van der Waals surface area contributed by atoms with Crippen LogP contribution in [0.15, 0.2) is 12.2 Å². The normalized spacial score (nSPS) is 32.6. The van der Waals surface area contributed by atoms with Crippen LogP contribution < -0.4 is 0 Å². The fourth-order valence-electron chi connectivity index (χ4n) is 1.86. The van der Waals surface area contributed by atoms with Gasteiger partial charge >= 0.3 is 0 Å². The van der Waals surface area contributed by atoms with E-state index in [4.69, 9.17) is 4.74 Å². The van der Waals surface area contributed by atoms with Crippen LogP contribution in [0.5, 0.6) is 0 Å². The average molecular weight is 195 g/mol. The quantitative estimate of drug-likeness (QED) is 0.486. The molecule has 2 aliphatic heterocycles. The largest absolute Gasteiger partial charge is 0.367 e. The SMILES string of the molecule is CCC1(C(C)N2C(=O)C=CC2=O)CO1. The topological polar surface area (TPSA) is 49.9 Å². The lowest BCUT2D eigenvalue weighted by Crippen LogP contribution is -2.46. The molecular formula is C10H13NO3. The van der Waals surface area contributed by atoms with Crippen LogP contribution in [0.3, 0.4) is 0 Å². The van der Waals surface area contributed by atoms with Gasteiger partial charge in [-0.05, 0) is 13.3 Å². The van der Waals surface area contributed by atoms with Crippen molar-refractivity contribution in [3.63, 3.8) is 0 Å². The fourth-order valence-corrected chi connectivity index (χ4v) is 1.86. The zero-order valence-electron chi connectivity index (χ0n) is 8.32. The Kier molecular flexibility index (Phi) is 1.96. The molecule has 0 aromatic heterocycles. The van der Waals surface area contributed by atoms with Crippen LogP contribution >= 0.6 is 0 Å². The van der Waals surface area contributed by atoms with Crippen LogP contribution in [0.2, 0.25) is 0 Å². The van der Waals surface area contributed by atoms with Crippen LogP contribution in [-0.2, 0) is 14.3 Å². The molecule has 2 rings (SSSR count). The van der Waals surface area contributed by atoms with Gasteiger partial charge in [0.1, 0.15) is 5.60 Å². The molecule has 14 heavy (non-hydrogen) atoms. The van der Waals surface area contributed by atoms with Crippen molar-refractivity contribution in [3.8, 4) is 0 Å². The molecule has 2 unspecified atom stereocenters. The van der Waals surface area contributed by atoms with Gasteiger partial charge in [0.15, 0.2) is 0 Å². The third-order valence-electron chi connectivity index (χ3n) is 3.11. The first kappa shape index (κ1) is 9.40. The van der Waals surface area contributed by atoms with Gasteiger partial charge in [-0.1, -0.05) is 6.92 Å². The molecule has 2 heterocycles. The lowest BCUT2D eigenvalue weighted by molar-refractivity contribution is -0.140. The van der Waals surface area contributed by atoms with Gasteiger partial charge in [0, 0.05) is 12.2 Å². The van der Waals surface area contributed by atoms with Crippen molar-refractivity contribution >= 4 is 11.8 Å². The Morgan fingerprint density at radius 1 is 1.50 bits per heavy atom. The highest BCUT2D eigenvalue weighted by molar-refractivity contribution is 6.13. The first-order valence-corrected chi connectivity index (χ1v) is 4.80. The molecule has 2 aliphatic rings. The predicted octanol–water partition coefficient (Wildman–Crippen LogP) is 0.479. The summed E-state index contributed by atoms with van der Waals surface area (Å²) in [4.78, 5) is 24.0. The molecule has 0 N–H and O–H groups in total. The number of hydrogen-bond donors (Lipinski definition) is 0. The van der Waals surface area contributed by atoms with E-state index in [0.29, 0.717) is 6.61 Å². The number of epoxide rings is 1. The van der Waals surface area contributed by atoms with E-state index in [1.165, 1.54) is 17.1 Å². The Hall–Kier alpha value is -1.16. The second-order valence-corrected chi connectivity index (χ2v) is 3.76. The molecule has 1 saturated heterocycles. The minimum Gasteiger partial charge on any atom is -0.367 e. The molecule has 0 aromatic carbocycles. The number of rotatable bonds is 3. The maximum absolute atomic E-state index is 11.4. The number of carbonyl (C=O) groups excluding carboxylic acids is 2. The van der Waals surface area contributed by atoms with Gasteiger partial charge < -0.3 is 4.74 Å². The van der Waals surface area contributed by atoms with Gasteiger partial charge in [-0.15, -0.1) is 0 Å². The van der Waals surface area contributed by atoms with E-state index in [2.05, 4.69) is 0 Å². The van der Waals surface area contributed by atoms with Crippen molar-refractivity contribution < 1.29 is 14.3 Å². The minimum atomic E-state index is -0.280. The van der Waals surface area contributed by atoms with E-state index >= 15 is 0 Å². The summed E-state index contributed by atoms with van der Waals surface area (Å²) in [5, 5.41) is 0. The van der Waals surface area contributed by atoms with Crippen LogP contribution in [0.1, 0.15) is 20.3 Å². The third-order valence-corrected chi connectivity index (χ3v) is 3.11. The number of hydrogen-bond acceptors (Lipinski definition) is 3. The van der Waals surface area contributed by atoms with Crippen molar-refractivity contribution in [2.24, 2.45) is 0 Å². The summed E-state index contributed by atoms with van der Waals surface area (Å²) in [7, 11) is 0. The number of carbonyl (C=O) groups is 2. The van der Waals surface area contributed by atoms with E-state index in [9.17, 15) is 9.59 Å². The first-order chi connectivity index (χ1) is 6.60. The molecule has 0 aliphatic carbocycles. The summed E-state index contributed by atoms with van der Waals surface area (Å²) in [6, 6.07) is -0.164. The fraction of sp³-hybridized carbons (Fsp3) is 0.600. The zero-order chi connectivity index (χ0) is 10.3. The third kappa shape index (κ3) is 1.18. The Labute approximate surface area is 82.5 Å². The molecule has 1 fully saturated rings. The Morgan fingerprint density at radius 2 is 2.00 bits per heavy atom. The molecule has 2 atom stereocenters. The minimum absolute atomic E-state index is 0.164. The summed E-state index contributed by atoms with van der Waals surface area (Å²) in [5.74, 6) is -0.461. The lowest BCUT2D eigenvalue weighted by Gasteiger charge is -2.27. The van der Waals surface area contributed by atoms with E-state index in [0.717, 1.165) is 6.42 Å². The summed E-state index contributed by atoms with van der Waals surface area (Å²) in [5.41, 5.74) is -0.280. The van der Waals surface area contributed by atoms with Gasteiger partial charge in [-0.3, -0.25) is 14.5 Å². The first-order valence-electron chi connectivity index (χ1n) is 4.80. The summed E-state index contributed by atoms with van der Waals surface area (Å²) < 4.78 is 5.34. The smallest absolute Gasteiger partial charge is 0.253 e. The van der Waals surface area contributed by atoms with Crippen LogP contribution in [-0.4, -0.2) is 35.0 Å². The highest BCUT2D eigenvalue weighted by Crippen LogP contribution is 2.37. The maximum atomic E-state index is 11.4. The maximum Gasteiger partial charge on any atom is 0.253 e. The Bertz CT molecular complexity index is 299. The molecule has 76 valence electrons. The van der Waals surface area contributed by atoms with Crippen molar-refractivity contribution in [2.75, 3.05) is 6.61 Å². The second-order valence-electron chi connectivity index (χ2n) is 3.76. The lowest BCUT2D eigenvalue weighted by atomic mass is 9.98. The molecule has 4 heteroatoms. The molecule has 0 saturated carbocycles. The number of ether oxygens (including phenoxy) is 1. The molecule has 0 bridgehead atoms. The van der Waals surface area contributed by atoms with Crippen LogP contribution in [0, 0.1) is 0 Å². The van der Waals surface area contributed by atoms with E-state index in [-0.39, 0.29) is 23.5 Å². The van der Waals surface area contributed by atoms with E-state index < -0.39 is 0 Å². The molecule has 2 amide bonds. The number of nitrogens with zero attached hydrogens (tertiary/aromatic N) is 1. The molecular weight excluding hydrogens is 182 g/mol. The van der Waals surface area contributed by atoms with Crippen molar-refractivity contribution in [1.82, 2.24) is 4.90 Å². The van der Waals surface area contributed by atoms with Crippen molar-refractivity contribution in [3.05, 3.63) is 12.2 Å². The standard InChI is InChI=1S/C10H13NO3/c1-3-10(6-14-10)7(2)11-8(12)4-5-9(11)13/h4-5,7H,3,6H2,1-2H3. The zero-order valence-corrected chi connectivity index (χ0v) is 8.32. The number of imide groups is 1. The molecule has 0 radical (unpaired) electrons. The summed E-state index contributed by atoms with van der Waals surface area (Å²) in [6.07, 6.45) is 3.44. The van der Waals surface area contributed by atoms with Gasteiger partial charge in [-0.2, -0.15) is 0 Å². The average Bonchev–Trinajstić information content (AvgIpc) is 2.89. The van der Waals surface area contributed by atoms with Gasteiger partial charge in [0.25, 0.3) is 11.8 Å². The van der Waals surface area contributed by atoms with E-state index in [1.54, 1.807) is 0 Å². The van der Waals surface area contributed by atoms with Gasteiger partial charge in [0.05, 0.1) is 12.6 Å². The Morgan fingerprint density at radius 3 is 2.36 bits per heavy atom. The van der Waals surface area contributed by atoms with Crippen LogP contribution in [0.4, 0.5) is 0 Å². The predicted molar refractivity (Wildman–Crippen MR) is 49.4 cm³/mol. The summed E-state index contributed by atoms with van der Waals surface area (Å²) in [6.45, 7) is 4.50. The summed E-state index contributed by atoms with van der Waals surface area (Å²) >= 11 is 0. The highest BCUT2D eigenvalue weighted by Gasteiger charge is 2.52. The molecule has 4 nitrogen and oxygen atoms in total. The van der Waals surface area contributed by atoms with Crippen LogP contribution in [0.25, 0.3) is 0 Å². The number of amides is 2. The second kappa shape index (κ2) is 2.92. The monoisotopic (exact) mass is 195 g/mol. The molecule has 0 spiro atoms. The molecule has 0 aromatic rings. The van der Waals surface area contributed by atoms with Crippen molar-refractivity contribution in [1.29, 1.82) is 0 Å². The highest BCUT2D eigenvalue weighted by atomic mass is 16.6. The van der Waals surface area contributed by atoms with Gasteiger partial charge in [0.2, 0.25) is 0 Å². The van der Waals surface area contributed by atoms with Gasteiger partial charge in [-0.25, -0.2) is 0 Å². The Balaban J connectivity index is 2.16. The van der Waals surface area contributed by atoms with Crippen molar-refractivity contribution in [2.45, 2.75) is 31.9 Å².